The molecular weight excluding hydrogens is 366 g/mol. The van der Waals surface area contributed by atoms with Gasteiger partial charge in [0, 0.05) is 18.3 Å². The van der Waals surface area contributed by atoms with Gasteiger partial charge in [0.05, 0.1) is 12.5 Å². The molecule has 0 spiro atoms. The van der Waals surface area contributed by atoms with E-state index in [1.807, 2.05) is 0 Å². The van der Waals surface area contributed by atoms with Crippen LogP contribution in [0, 0.1) is 11.3 Å². The highest BCUT2D eigenvalue weighted by Gasteiger charge is 2.49. The lowest BCUT2D eigenvalue weighted by molar-refractivity contribution is -0.128. The van der Waals surface area contributed by atoms with E-state index >= 15 is 0 Å². The van der Waals surface area contributed by atoms with E-state index in [2.05, 4.69) is 15.4 Å². The molecule has 2 atom stereocenters. The van der Waals surface area contributed by atoms with Gasteiger partial charge in [0.15, 0.2) is 0 Å². The van der Waals surface area contributed by atoms with E-state index in [4.69, 9.17) is 4.74 Å². The standard InChI is InChI=1S/C19H27N3O4S/c1-26-16-8-7-15(10-17(16)27(24,25)22-14-5-6-14)21-18(23)19-9-3-2-4-13(19)11-20-12-19/h7-8,10,13-14,20,22H,2-6,9,11-12H2,1H3,(H,21,23)/t13-,19+/m0/s1. The summed E-state index contributed by atoms with van der Waals surface area (Å²) in [4.78, 5) is 13.2. The smallest absolute Gasteiger partial charge is 0.244 e. The Morgan fingerprint density at radius 1 is 1.26 bits per heavy atom. The second kappa shape index (κ2) is 7.07. The molecule has 1 amide bonds. The number of carbonyl (C=O) groups is 1. The molecule has 2 aliphatic carbocycles. The Labute approximate surface area is 160 Å². The normalized spacial score (nSPS) is 27.8. The molecular formula is C19H27N3O4S. The number of benzene rings is 1. The van der Waals surface area contributed by atoms with Crippen LogP contribution in [-0.4, -0.2) is 40.6 Å². The third kappa shape index (κ3) is 3.58. The predicted octanol–water partition coefficient (Wildman–Crippen LogP) is 1.85. The lowest BCUT2D eigenvalue weighted by Crippen LogP contribution is -2.44. The Morgan fingerprint density at radius 3 is 2.81 bits per heavy atom. The summed E-state index contributed by atoms with van der Waals surface area (Å²) in [6.45, 7) is 1.56. The third-order valence-corrected chi connectivity index (χ3v) is 7.64. The maximum atomic E-state index is 13.1. The summed E-state index contributed by atoms with van der Waals surface area (Å²) >= 11 is 0. The first-order valence-electron chi connectivity index (χ1n) is 9.67. The van der Waals surface area contributed by atoms with Crippen LogP contribution in [-0.2, 0) is 14.8 Å². The lowest BCUT2D eigenvalue weighted by Gasteiger charge is -2.37. The minimum Gasteiger partial charge on any atom is -0.495 e. The summed E-state index contributed by atoms with van der Waals surface area (Å²) < 4.78 is 33.2. The molecule has 2 saturated carbocycles. The molecule has 7 nitrogen and oxygen atoms in total. The molecule has 3 aliphatic rings. The minimum atomic E-state index is -3.68. The van der Waals surface area contributed by atoms with Crippen molar-refractivity contribution in [2.24, 2.45) is 11.3 Å². The van der Waals surface area contributed by atoms with Crippen molar-refractivity contribution in [3.8, 4) is 5.75 Å². The molecule has 148 valence electrons. The number of fused-ring (bicyclic) bond motifs is 1. The zero-order valence-electron chi connectivity index (χ0n) is 15.6. The van der Waals surface area contributed by atoms with Crippen molar-refractivity contribution in [2.75, 3.05) is 25.5 Å². The molecule has 3 N–H and O–H groups in total. The first kappa shape index (κ1) is 18.7. The van der Waals surface area contributed by atoms with Crippen LogP contribution in [0.5, 0.6) is 5.75 Å². The fourth-order valence-electron chi connectivity index (χ4n) is 4.39. The number of sulfonamides is 1. The molecule has 0 unspecified atom stereocenters. The van der Waals surface area contributed by atoms with Crippen LogP contribution in [0.4, 0.5) is 5.69 Å². The summed E-state index contributed by atoms with van der Waals surface area (Å²) in [5, 5.41) is 6.35. The van der Waals surface area contributed by atoms with Crippen molar-refractivity contribution in [2.45, 2.75) is 49.5 Å². The highest BCUT2D eigenvalue weighted by Crippen LogP contribution is 2.44. The molecule has 8 heteroatoms. The number of rotatable bonds is 6. The largest absolute Gasteiger partial charge is 0.495 e. The molecule has 27 heavy (non-hydrogen) atoms. The van der Waals surface area contributed by atoms with Crippen molar-refractivity contribution in [1.29, 1.82) is 0 Å². The SMILES string of the molecule is COc1ccc(NC(=O)[C@@]23CCCC[C@H]2CNC3)cc1S(=O)(=O)NC1CC1. The van der Waals surface area contributed by atoms with Gasteiger partial charge in [-0.15, -0.1) is 0 Å². The highest BCUT2D eigenvalue weighted by molar-refractivity contribution is 7.89. The first-order chi connectivity index (χ1) is 12.9. The van der Waals surface area contributed by atoms with E-state index in [9.17, 15) is 13.2 Å². The van der Waals surface area contributed by atoms with Gasteiger partial charge >= 0.3 is 0 Å². The van der Waals surface area contributed by atoms with Gasteiger partial charge in [0.1, 0.15) is 10.6 Å². The van der Waals surface area contributed by atoms with Gasteiger partial charge in [0.2, 0.25) is 15.9 Å². The Balaban J connectivity index is 1.59. The van der Waals surface area contributed by atoms with Crippen LogP contribution in [0.15, 0.2) is 23.1 Å². The summed E-state index contributed by atoms with van der Waals surface area (Å²) in [5.41, 5.74) is 0.103. The number of hydrogen-bond donors (Lipinski definition) is 3. The number of carbonyl (C=O) groups excluding carboxylic acids is 1. The van der Waals surface area contributed by atoms with E-state index in [1.54, 1.807) is 12.1 Å². The van der Waals surface area contributed by atoms with E-state index < -0.39 is 10.0 Å². The van der Waals surface area contributed by atoms with Crippen LogP contribution >= 0.6 is 0 Å². The second-order valence-electron chi connectivity index (χ2n) is 7.95. The van der Waals surface area contributed by atoms with Crippen molar-refractivity contribution >= 4 is 21.6 Å². The fraction of sp³-hybridized carbons (Fsp3) is 0.632. The number of hydrogen-bond acceptors (Lipinski definition) is 5. The minimum absolute atomic E-state index is 0.00408. The van der Waals surface area contributed by atoms with Gasteiger partial charge in [-0.2, -0.15) is 0 Å². The van der Waals surface area contributed by atoms with Gasteiger partial charge in [-0.05, 0) is 56.3 Å². The first-order valence-corrected chi connectivity index (χ1v) is 11.2. The van der Waals surface area contributed by atoms with Gasteiger partial charge in [-0.3, -0.25) is 4.79 Å². The predicted molar refractivity (Wildman–Crippen MR) is 102 cm³/mol. The van der Waals surface area contributed by atoms with Crippen molar-refractivity contribution in [1.82, 2.24) is 10.0 Å². The highest BCUT2D eigenvalue weighted by atomic mass is 32.2. The molecule has 0 bridgehead atoms. The average molecular weight is 394 g/mol. The Bertz CT molecular complexity index is 837. The quantitative estimate of drug-likeness (QED) is 0.685. The molecule has 1 aromatic rings. The van der Waals surface area contributed by atoms with Gasteiger partial charge < -0.3 is 15.4 Å². The topological polar surface area (TPSA) is 96.5 Å². The van der Waals surface area contributed by atoms with E-state index in [1.165, 1.54) is 19.6 Å². The van der Waals surface area contributed by atoms with Crippen LogP contribution < -0.4 is 20.1 Å². The summed E-state index contributed by atoms with van der Waals surface area (Å²) in [6.07, 6.45) is 5.87. The zero-order valence-corrected chi connectivity index (χ0v) is 16.4. The second-order valence-corrected chi connectivity index (χ2v) is 9.63. The molecule has 1 aliphatic heterocycles. The van der Waals surface area contributed by atoms with Crippen LogP contribution in [0.2, 0.25) is 0 Å². The number of anilines is 1. The van der Waals surface area contributed by atoms with Gasteiger partial charge in [-0.1, -0.05) is 12.8 Å². The molecule has 0 radical (unpaired) electrons. The molecule has 1 heterocycles. The Hall–Kier alpha value is -1.64. The summed E-state index contributed by atoms with van der Waals surface area (Å²) in [5.74, 6) is 0.613. The van der Waals surface area contributed by atoms with Crippen LogP contribution in [0.25, 0.3) is 0 Å². The molecule has 3 fully saturated rings. The fourth-order valence-corrected chi connectivity index (χ4v) is 5.89. The molecule has 4 rings (SSSR count). The van der Waals surface area contributed by atoms with E-state index in [0.717, 1.165) is 38.6 Å². The molecule has 1 saturated heterocycles. The van der Waals surface area contributed by atoms with Crippen molar-refractivity contribution in [3.05, 3.63) is 18.2 Å². The maximum absolute atomic E-state index is 13.1. The Kier molecular flexibility index (Phi) is 4.90. The number of methoxy groups -OCH3 is 1. The van der Waals surface area contributed by atoms with Gasteiger partial charge in [-0.25, -0.2) is 13.1 Å². The van der Waals surface area contributed by atoms with Crippen LogP contribution in [0.3, 0.4) is 0 Å². The van der Waals surface area contributed by atoms with Crippen LogP contribution in [0.1, 0.15) is 38.5 Å². The molecule has 0 aromatic heterocycles. The molecule has 1 aromatic carbocycles. The summed E-state index contributed by atoms with van der Waals surface area (Å²) in [7, 11) is -2.24. The van der Waals surface area contributed by atoms with E-state index in [-0.39, 0.29) is 28.0 Å². The van der Waals surface area contributed by atoms with E-state index in [0.29, 0.717) is 18.2 Å². The number of ether oxygens (including phenoxy) is 1. The van der Waals surface area contributed by atoms with Crippen molar-refractivity contribution in [3.63, 3.8) is 0 Å². The summed E-state index contributed by atoms with van der Waals surface area (Å²) in [6, 6.07) is 4.80. The lowest BCUT2D eigenvalue weighted by atomic mass is 9.67. The maximum Gasteiger partial charge on any atom is 0.244 e. The monoisotopic (exact) mass is 393 g/mol. The van der Waals surface area contributed by atoms with Crippen molar-refractivity contribution < 1.29 is 17.9 Å². The Morgan fingerprint density at radius 2 is 2.07 bits per heavy atom. The number of nitrogens with one attached hydrogen (secondary N) is 3. The van der Waals surface area contributed by atoms with Gasteiger partial charge in [0.25, 0.3) is 0 Å². The average Bonchev–Trinajstić information content (AvgIpc) is 3.34. The third-order valence-electron chi connectivity index (χ3n) is 6.10. The zero-order chi connectivity index (χ0) is 19.1. The number of amides is 1.